The highest BCUT2D eigenvalue weighted by atomic mass is 79.9. The van der Waals surface area contributed by atoms with Crippen molar-refractivity contribution in [3.63, 3.8) is 0 Å². The Labute approximate surface area is 102 Å². The van der Waals surface area contributed by atoms with Crippen molar-refractivity contribution in [1.29, 1.82) is 0 Å². The summed E-state index contributed by atoms with van der Waals surface area (Å²) in [4.78, 5) is 4.10. The molecule has 0 spiro atoms. The van der Waals surface area contributed by atoms with Crippen molar-refractivity contribution >= 4 is 42.8 Å². The molecule has 5 heteroatoms. The predicted octanol–water partition coefficient (Wildman–Crippen LogP) is 4.35. The minimum absolute atomic E-state index is 0.286. The largest absolute Gasteiger partial charge is 0.252 e. The molecule has 0 amide bonds. The van der Waals surface area contributed by atoms with Crippen LogP contribution in [-0.4, -0.2) is 4.98 Å². The van der Waals surface area contributed by atoms with E-state index in [1.54, 1.807) is 6.92 Å². The average Bonchev–Trinajstić information content (AvgIpc) is 2.13. The predicted molar refractivity (Wildman–Crippen MR) is 61.8 cm³/mol. The van der Waals surface area contributed by atoms with E-state index in [9.17, 15) is 8.78 Å². The van der Waals surface area contributed by atoms with Crippen molar-refractivity contribution in [1.82, 2.24) is 4.98 Å². The van der Waals surface area contributed by atoms with Crippen LogP contribution in [0.25, 0.3) is 10.9 Å². The summed E-state index contributed by atoms with van der Waals surface area (Å²) in [6.45, 7) is 1.76. The minimum Gasteiger partial charge on any atom is -0.252 e. The molecule has 1 heterocycles. The van der Waals surface area contributed by atoms with E-state index in [0.29, 0.717) is 20.2 Å². The summed E-state index contributed by atoms with van der Waals surface area (Å²) >= 11 is 6.54. The van der Waals surface area contributed by atoms with Gasteiger partial charge < -0.3 is 0 Å². The van der Waals surface area contributed by atoms with Crippen LogP contribution in [0.2, 0.25) is 0 Å². The zero-order valence-corrected chi connectivity index (χ0v) is 10.8. The van der Waals surface area contributed by atoms with Gasteiger partial charge in [0.15, 0.2) is 0 Å². The van der Waals surface area contributed by atoms with E-state index in [-0.39, 0.29) is 5.39 Å². The lowest BCUT2D eigenvalue weighted by Crippen LogP contribution is -1.92. The van der Waals surface area contributed by atoms with Crippen molar-refractivity contribution in [2.75, 3.05) is 0 Å². The number of aryl methyl sites for hydroxylation is 1. The van der Waals surface area contributed by atoms with E-state index in [0.717, 1.165) is 6.07 Å². The third-order valence-electron chi connectivity index (χ3n) is 2.05. The number of pyridine rings is 1. The Morgan fingerprint density at radius 2 is 1.80 bits per heavy atom. The van der Waals surface area contributed by atoms with Gasteiger partial charge in [0.1, 0.15) is 11.6 Å². The maximum atomic E-state index is 13.5. The van der Waals surface area contributed by atoms with Crippen LogP contribution in [0.3, 0.4) is 0 Å². The molecule has 0 N–H and O–H groups in total. The number of benzene rings is 1. The van der Waals surface area contributed by atoms with Crippen molar-refractivity contribution in [3.05, 3.63) is 38.4 Å². The van der Waals surface area contributed by atoms with Crippen molar-refractivity contribution in [2.45, 2.75) is 6.92 Å². The summed E-state index contributed by atoms with van der Waals surface area (Å²) in [6.07, 6.45) is 0. The van der Waals surface area contributed by atoms with Crippen LogP contribution in [0, 0.1) is 18.6 Å². The van der Waals surface area contributed by atoms with E-state index in [1.165, 1.54) is 6.07 Å². The molecule has 0 radical (unpaired) electrons. The number of nitrogens with zero attached hydrogens (tertiary/aromatic N) is 1. The molecule has 0 saturated carbocycles. The zero-order valence-electron chi connectivity index (χ0n) is 7.61. The second-order valence-corrected chi connectivity index (χ2v) is 4.69. The summed E-state index contributed by atoms with van der Waals surface area (Å²) in [5.41, 5.74) is 0.986. The summed E-state index contributed by atoms with van der Waals surface area (Å²) in [7, 11) is 0. The van der Waals surface area contributed by atoms with E-state index in [4.69, 9.17) is 0 Å². The Kier molecular flexibility index (Phi) is 2.77. The van der Waals surface area contributed by atoms with E-state index in [2.05, 4.69) is 36.8 Å². The van der Waals surface area contributed by atoms with Gasteiger partial charge in [-0.2, -0.15) is 0 Å². The molecule has 1 nitrogen and oxygen atoms in total. The van der Waals surface area contributed by atoms with E-state index >= 15 is 0 Å². The molecule has 1 aromatic heterocycles. The van der Waals surface area contributed by atoms with Gasteiger partial charge in [-0.1, -0.05) is 0 Å². The third kappa shape index (κ3) is 1.78. The van der Waals surface area contributed by atoms with Gasteiger partial charge in [-0.25, -0.2) is 8.78 Å². The molecule has 0 aliphatic rings. The van der Waals surface area contributed by atoms with Crippen LogP contribution < -0.4 is 0 Å². The number of rotatable bonds is 0. The first kappa shape index (κ1) is 11.0. The molecule has 2 aromatic rings. The van der Waals surface area contributed by atoms with Gasteiger partial charge in [0.05, 0.1) is 21.1 Å². The fourth-order valence-electron chi connectivity index (χ4n) is 1.36. The summed E-state index contributed by atoms with van der Waals surface area (Å²) in [5.74, 6) is -1.24. The number of halogens is 4. The molecule has 2 rings (SSSR count). The summed E-state index contributed by atoms with van der Waals surface area (Å²) in [5, 5.41) is 0.286. The fraction of sp³-hybridized carbons (Fsp3) is 0.100. The first-order chi connectivity index (χ1) is 7.00. The van der Waals surface area contributed by atoms with Gasteiger partial charge in [0, 0.05) is 16.6 Å². The molecular formula is C10H5Br2F2N. The van der Waals surface area contributed by atoms with Crippen LogP contribution in [0.15, 0.2) is 21.1 Å². The lowest BCUT2D eigenvalue weighted by atomic mass is 10.2. The number of hydrogen-bond acceptors (Lipinski definition) is 1. The lowest BCUT2D eigenvalue weighted by Gasteiger charge is -2.06. The molecule has 0 unspecified atom stereocenters. The SMILES string of the molecule is Cc1nc2cc(F)cc(F)c2c(Br)c1Br. The molecule has 0 aliphatic carbocycles. The van der Waals surface area contributed by atoms with Gasteiger partial charge in [-0.15, -0.1) is 0 Å². The second-order valence-electron chi connectivity index (χ2n) is 3.11. The Balaban J connectivity index is 2.99. The fourth-order valence-corrected chi connectivity index (χ4v) is 2.33. The molecule has 0 saturated heterocycles. The van der Waals surface area contributed by atoms with Crippen LogP contribution >= 0.6 is 31.9 Å². The van der Waals surface area contributed by atoms with Gasteiger partial charge in [0.2, 0.25) is 0 Å². The zero-order chi connectivity index (χ0) is 11.2. The highest BCUT2D eigenvalue weighted by Gasteiger charge is 2.13. The smallest absolute Gasteiger partial charge is 0.136 e. The van der Waals surface area contributed by atoms with Crippen LogP contribution in [0.5, 0.6) is 0 Å². The van der Waals surface area contributed by atoms with Gasteiger partial charge in [0.25, 0.3) is 0 Å². The lowest BCUT2D eigenvalue weighted by molar-refractivity contribution is 0.591. The standard InChI is InChI=1S/C10H5Br2F2N/c1-4-9(11)10(12)8-6(14)2-5(13)3-7(8)15-4/h2-3H,1H3. The van der Waals surface area contributed by atoms with Gasteiger partial charge in [-0.3, -0.25) is 4.98 Å². The first-order valence-corrected chi connectivity index (χ1v) is 5.69. The van der Waals surface area contributed by atoms with Crippen molar-refractivity contribution in [2.24, 2.45) is 0 Å². The van der Waals surface area contributed by atoms with E-state index < -0.39 is 11.6 Å². The molecule has 15 heavy (non-hydrogen) atoms. The molecular weight excluding hydrogens is 332 g/mol. The summed E-state index contributed by atoms with van der Waals surface area (Å²) < 4.78 is 27.7. The highest BCUT2D eigenvalue weighted by Crippen LogP contribution is 2.34. The molecule has 78 valence electrons. The minimum atomic E-state index is -0.624. The molecule has 0 bridgehead atoms. The van der Waals surface area contributed by atoms with Crippen LogP contribution in [-0.2, 0) is 0 Å². The normalized spacial score (nSPS) is 11.0. The Morgan fingerprint density at radius 3 is 2.47 bits per heavy atom. The second kappa shape index (κ2) is 3.79. The molecule has 1 aromatic carbocycles. The topological polar surface area (TPSA) is 12.9 Å². The number of fused-ring (bicyclic) bond motifs is 1. The third-order valence-corrected chi connectivity index (χ3v) is 4.35. The Hall–Kier alpha value is -0.550. The van der Waals surface area contributed by atoms with Gasteiger partial charge >= 0.3 is 0 Å². The average molecular weight is 337 g/mol. The number of hydrogen-bond donors (Lipinski definition) is 0. The Morgan fingerprint density at radius 1 is 1.13 bits per heavy atom. The molecule has 0 atom stereocenters. The quantitative estimate of drug-likeness (QED) is 0.697. The van der Waals surface area contributed by atoms with E-state index in [1.807, 2.05) is 0 Å². The van der Waals surface area contributed by atoms with Crippen LogP contribution in [0.1, 0.15) is 5.69 Å². The highest BCUT2D eigenvalue weighted by molar-refractivity contribution is 9.13. The summed E-state index contributed by atoms with van der Waals surface area (Å²) in [6, 6.07) is 2.05. The van der Waals surface area contributed by atoms with Crippen molar-refractivity contribution in [3.8, 4) is 0 Å². The molecule has 0 aliphatic heterocycles. The molecule has 0 fully saturated rings. The van der Waals surface area contributed by atoms with Crippen molar-refractivity contribution < 1.29 is 8.78 Å². The maximum Gasteiger partial charge on any atom is 0.136 e. The number of aromatic nitrogens is 1. The van der Waals surface area contributed by atoms with Gasteiger partial charge in [-0.05, 0) is 38.8 Å². The monoisotopic (exact) mass is 335 g/mol. The first-order valence-electron chi connectivity index (χ1n) is 4.11. The maximum absolute atomic E-state index is 13.5. The van der Waals surface area contributed by atoms with Crippen LogP contribution in [0.4, 0.5) is 8.78 Å². The Bertz CT molecular complexity index is 555.